The second kappa shape index (κ2) is 5.21. The van der Waals surface area contributed by atoms with Crippen molar-refractivity contribution in [3.05, 3.63) is 29.8 Å². The predicted molar refractivity (Wildman–Crippen MR) is 55.1 cm³/mol. The molecule has 1 aromatic rings. The van der Waals surface area contributed by atoms with Crippen molar-refractivity contribution in [3.63, 3.8) is 0 Å². The van der Waals surface area contributed by atoms with Crippen molar-refractivity contribution in [2.45, 2.75) is 12.8 Å². The Labute approximate surface area is 82.5 Å². The van der Waals surface area contributed by atoms with Crippen LogP contribution in [0.25, 0.3) is 0 Å². The Morgan fingerprint density at radius 2 is 2.00 bits per heavy atom. The van der Waals surface area contributed by atoms with Crippen molar-refractivity contribution in [1.29, 1.82) is 5.26 Å². The lowest BCUT2D eigenvalue weighted by Gasteiger charge is -1.96. The first kappa shape index (κ1) is 9.60. The minimum atomic E-state index is 0.551. The van der Waals surface area contributed by atoms with Crippen LogP contribution >= 0.6 is 12.2 Å². The van der Waals surface area contributed by atoms with Crippen LogP contribution in [0.5, 0.6) is 0 Å². The summed E-state index contributed by atoms with van der Waals surface area (Å²) in [5.74, 6) is 0. The van der Waals surface area contributed by atoms with Crippen LogP contribution < -0.4 is 0 Å². The van der Waals surface area contributed by atoms with Crippen LogP contribution in [0.4, 0.5) is 5.69 Å². The SMILES string of the molecule is N#CCCc1ccc(N=C=S)cc1. The molecule has 1 aromatic carbocycles. The highest BCUT2D eigenvalue weighted by atomic mass is 32.1. The van der Waals surface area contributed by atoms with Crippen LogP contribution in [0, 0.1) is 11.3 Å². The van der Waals surface area contributed by atoms with Gasteiger partial charge in [0, 0.05) is 6.42 Å². The third-order valence-corrected chi connectivity index (χ3v) is 1.73. The third-order valence-electron chi connectivity index (χ3n) is 1.64. The topological polar surface area (TPSA) is 36.1 Å². The number of aryl methyl sites for hydroxylation is 1. The van der Waals surface area contributed by atoms with Gasteiger partial charge in [0.05, 0.1) is 16.9 Å². The second-order valence-corrected chi connectivity index (χ2v) is 2.71. The number of benzene rings is 1. The van der Waals surface area contributed by atoms with Gasteiger partial charge in [-0.3, -0.25) is 0 Å². The Hall–Kier alpha value is -1.49. The molecule has 3 heteroatoms. The Morgan fingerprint density at radius 3 is 2.54 bits per heavy atom. The maximum atomic E-state index is 8.37. The molecule has 0 bridgehead atoms. The van der Waals surface area contributed by atoms with E-state index in [0.717, 1.165) is 17.7 Å². The van der Waals surface area contributed by atoms with Crippen LogP contribution in [0.2, 0.25) is 0 Å². The van der Waals surface area contributed by atoms with Gasteiger partial charge in [0.25, 0.3) is 0 Å². The minimum Gasteiger partial charge on any atom is -0.198 e. The number of rotatable bonds is 3. The van der Waals surface area contributed by atoms with Gasteiger partial charge in [-0.15, -0.1) is 0 Å². The zero-order valence-electron chi connectivity index (χ0n) is 7.03. The number of isothiocyanates is 1. The molecule has 0 aliphatic rings. The van der Waals surface area contributed by atoms with Gasteiger partial charge in [0.15, 0.2) is 0 Å². The average Bonchev–Trinajstić information content (AvgIpc) is 2.17. The molecule has 0 spiro atoms. The van der Waals surface area contributed by atoms with Gasteiger partial charge in [0.1, 0.15) is 0 Å². The molecular formula is C10H8N2S. The minimum absolute atomic E-state index is 0.551. The molecule has 0 unspecified atom stereocenters. The highest BCUT2D eigenvalue weighted by molar-refractivity contribution is 7.78. The molecule has 13 heavy (non-hydrogen) atoms. The van der Waals surface area contributed by atoms with E-state index < -0.39 is 0 Å². The highest BCUT2D eigenvalue weighted by Crippen LogP contribution is 2.12. The molecule has 0 aliphatic carbocycles. The van der Waals surface area contributed by atoms with Crippen molar-refractivity contribution in [3.8, 4) is 6.07 Å². The zero-order valence-corrected chi connectivity index (χ0v) is 7.84. The number of nitrogens with zero attached hydrogens (tertiary/aromatic N) is 2. The fraction of sp³-hybridized carbons (Fsp3) is 0.200. The van der Waals surface area contributed by atoms with E-state index in [1.165, 1.54) is 0 Å². The summed E-state index contributed by atoms with van der Waals surface area (Å²) in [5.41, 5.74) is 1.94. The van der Waals surface area contributed by atoms with Gasteiger partial charge in [-0.05, 0) is 36.3 Å². The van der Waals surface area contributed by atoms with Crippen LogP contribution in [0.3, 0.4) is 0 Å². The fourth-order valence-corrected chi connectivity index (χ4v) is 1.10. The van der Waals surface area contributed by atoms with Crippen LogP contribution in [-0.4, -0.2) is 5.16 Å². The third kappa shape index (κ3) is 3.16. The number of thiocarbonyl (C=S) groups is 1. The number of aliphatic imine (C=N–C) groups is 1. The molecule has 0 amide bonds. The molecule has 0 saturated carbocycles. The lowest BCUT2D eigenvalue weighted by molar-refractivity contribution is 1.01. The Morgan fingerprint density at radius 1 is 1.31 bits per heavy atom. The van der Waals surface area contributed by atoms with E-state index in [4.69, 9.17) is 5.26 Å². The molecule has 0 aliphatic heterocycles. The van der Waals surface area contributed by atoms with Crippen LogP contribution in [0.15, 0.2) is 29.3 Å². The maximum absolute atomic E-state index is 8.37. The van der Waals surface area contributed by atoms with Gasteiger partial charge in [-0.25, -0.2) is 0 Å². The van der Waals surface area contributed by atoms with E-state index in [1.807, 2.05) is 24.3 Å². The second-order valence-electron chi connectivity index (χ2n) is 2.53. The van der Waals surface area contributed by atoms with Gasteiger partial charge in [0.2, 0.25) is 0 Å². The van der Waals surface area contributed by atoms with Crippen molar-refractivity contribution in [2.75, 3.05) is 0 Å². The summed E-state index contributed by atoms with van der Waals surface area (Å²) < 4.78 is 0. The first-order chi connectivity index (χ1) is 6.36. The fourth-order valence-electron chi connectivity index (χ4n) is 0.990. The summed E-state index contributed by atoms with van der Waals surface area (Å²) in [6, 6.07) is 9.73. The highest BCUT2D eigenvalue weighted by Gasteiger charge is 1.92. The molecule has 0 fully saturated rings. The summed E-state index contributed by atoms with van der Waals surface area (Å²) in [7, 11) is 0. The van der Waals surface area contributed by atoms with E-state index in [2.05, 4.69) is 28.4 Å². The summed E-state index contributed by atoms with van der Waals surface area (Å²) in [6.45, 7) is 0. The quantitative estimate of drug-likeness (QED) is 0.540. The largest absolute Gasteiger partial charge is 0.198 e. The van der Waals surface area contributed by atoms with E-state index in [0.29, 0.717) is 6.42 Å². The Bertz CT molecular complexity index is 356. The number of hydrogen-bond acceptors (Lipinski definition) is 3. The van der Waals surface area contributed by atoms with E-state index in [-0.39, 0.29) is 0 Å². The van der Waals surface area contributed by atoms with Gasteiger partial charge < -0.3 is 0 Å². The molecule has 0 radical (unpaired) electrons. The number of nitriles is 1. The predicted octanol–water partition coefficient (Wildman–Crippen LogP) is 2.88. The van der Waals surface area contributed by atoms with Gasteiger partial charge in [-0.1, -0.05) is 12.1 Å². The normalized spacial score (nSPS) is 8.54. The summed E-state index contributed by atoms with van der Waals surface area (Å²) >= 11 is 4.48. The molecule has 0 saturated heterocycles. The van der Waals surface area contributed by atoms with E-state index in [9.17, 15) is 0 Å². The molecule has 0 atom stereocenters. The molecule has 1 rings (SSSR count). The standard InChI is InChI=1S/C10H8N2S/c11-7-1-2-9-3-5-10(6-4-9)12-8-13/h3-6H,1-2H2. The zero-order chi connectivity index (χ0) is 9.52. The van der Waals surface area contributed by atoms with Gasteiger partial charge in [-0.2, -0.15) is 10.3 Å². The first-order valence-electron chi connectivity index (χ1n) is 3.90. The van der Waals surface area contributed by atoms with Crippen LogP contribution in [0.1, 0.15) is 12.0 Å². The summed E-state index contributed by atoms with van der Waals surface area (Å²) in [5, 5.41) is 10.7. The van der Waals surface area contributed by atoms with Crippen molar-refractivity contribution in [1.82, 2.24) is 0 Å². The van der Waals surface area contributed by atoms with Crippen molar-refractivity contribution < 1.29 is 0 Å². The lowest BCUT2D eigenvalue weighted by Crippen LogP contribution is -1.81. The number of hydrogen-bond donors (Lipinski definition) is 0. The molecule has 64 valence electrons. The Kier molecular flexibility index (Phi) is 3.84. The van der Waals surface area contributed by atoms with Crippen molar-refractivity contribution in [2.24, 2.45) is 4.99 Å². The van der Waals surface area contributed by atoms with Crippen molar-refractivity contribution >= 4 is 23.1 Å². The van der Waals surface area contributed by atoms with E-state index >= 15 is 0 Å². The lowest BCUT2D eigenvalue weighted by atomic mass is 10.1. The van der Waals surface area contributed by atoms with E-state index in [1.54, 1.807) is 0 Å². The maximum Gasteiger partial charge on any atom is 0.0739 e. The average molecular weight is 188 g/mol. The molecular weight excluding hydrogens is 180 g/mol. The summed E-state index contributed by atoms with van der Waals surface area (Å²) in [4.78, 5) is 3.83. The van der Waals surface area contributed by atoms with Crippen LogP contribution in [-0.2, 0) is 6.42 Å². The monoisotopic (exact) mass is 188 g/mol. The Balaban J connectivity index is 2.70. The summed E-state index contributed by atoms with van der Waals surface area (Å²) in [6.07, 6.45) is 1.34. The van der Waals surface area contributed by atoms with Gasteiger partial charge >= 0.3 is 0 Å². The first-order valence-corrected chi connectivity index (χ1v) is 4.31. The molecule has 2 nitrogen and oxygen atoms in total. The molecule has 0 heterocycles. The smallest absolute Gasteiger partial charge is 0.0739 e. The molecule has 0 aromatic heterocycles. The molecule has 0 N–H and O–H groups in total.